The van der Waals surface area contributed by atoms with Crippen LogP contribution in [0.15, 0.2) is 18.2 Å². The van der Waals surface area contributed by atoms with Crippen LogP contribution in [0.2, 0.25) is 10.0 Å². The van der Waals surface area contributed by atoms with Crippen molar-refractivity contribution >= 4 is 46.4 Å². The molecule has 15 heavy (non-hydrogen) atoms. The Balaban J connectivity index is 2.46. The number of amides is 1. The van der Waals surface area contributed by atoms with Crippen molar-refractivity contribution in [2.45, 2.75) is 6.04 Å². The van der Waals surface area contributed by atoms with Crippen LogP contribution in [0.3, 0.4) is 0 Å². The van der Waals surface area contributed by atoms with E-state index in [1.54, 1.807) is 18.2 Å². The zero-order valence-corrected chi connectivity index (χ0v) is 9.71. The Morgan fingerprint density at radius 3 is 2.33 bits per heavy atom. The topological polar surface area (TPSA) is 41.1 Å². The molecule has 1 saturated heterocycles. The summed E-state index contributed by atoms with van der Waals surface area (Å²) in [6.07, 6.45) is 0. The number of carbonyl (C=O) groups is 1. The molecule has 1 aliphatic rings. The quantitative estimate of drug-likeness (QED) is 0.760. The van der Waals surface area contributed by atoms with E-state index in [1.165, 1.54) is 0 Å². The molecule has 0 aromatic heterocycles. The molecule has 1 aliphatic heterocycles. The van der Waals surface area contributed by atoms with E-state index in [4.69, 9.17) is 35.4 Å². The lowest BCUT2D eigenvalue weighted by Gasteiger charge is -2.11. The molecule has 0 radical (unpaired) electrons. The third kappa shape index (κ3) is 1.93. The van der Waals surface area contributed by atoms with Crippen molar-refractivity contribution in [1.82, 2.24) is 10.6 Å². The Bertz CT molecular complexity index is 429. The highest BCUT2D eigenvalue weighted by atomic mass is 35.5. The Hall–Kier alpha value is -0.840. The van der Waals surface area contributed by atoms with Gasteiger partial charge in [0.1, 0.15) is 6.04 Å². The summed E-state index contributed by atoms with van der Waals surface area (Å²) in [5.74, 6) is -0.241. The molecule has 78 valence electrons. The number of halogens is 2. The maximum Gasteiger partial charge on any atom is 0.253 e. The smallest absolute Gasteiger partial charge is 0.253 e. The summed E-state index contributed by atoms with van der Waals surface area (Å²) in [5.41, 5.74) is 0.554. The number of benzene rings is 1. The van der Waals surface area contributed by atoms with E-state index in [2.05, 4.69) is 10.6 Å². The number of hydrogen-bond donors (Lipinski definition) is 2. The van der Waals surface area contributed by atoms with Crippen molar-refractivity contribution < 1.29 is 4.79 Å². The van der Waals surface area contributed by atoms with Crippen LogP contribution in [0.1, 0.15) is 11.6 Å². The molecule has 1 aromatic carbocycles. The summed E-state index contributed by atoms with van der Waals surface area (Å²) in [6.45, 7) is 0. The second kappa shape index (κ2) is 3.96. The number of rotatable bonds is 1. The molecular formula is C9H6Cl2N2OS. The number of thiocarbonyl (C=S) groups is 1. The summed E-state index contributed by atoms with van der Waals surface area (Å²) < 4.78 is 0. The van der Waals surface area contributed by atoms with Gasteiger partial charge in [0.05, 0.1) is 0 Å². The first-order valence-electron chi connectivity index (χ1n) is 4.15. The van der Waals surface area contributed by atoms with Crippen molar-refractivity contribution in [3.8, 4) is 0 Å². The summed E-state index contributed by atoms with van der Waals surface area (Å²) in [4.78, 5) is 11.5. The third-order valence-electron chi connectivity index (χ3n) is 2.06. The molecule has 1 unspecified atom stereocenters. The van der Waals surface area contributed by atoms with Crippen molar-refractivity contribution in [3.63, 3.8) is 0 Å². The van der Waals surface area contributed by atoms with E-state index in [0.717, 1.165) is 0 Å². The lowest BCUT2D eigenvalue weighted by atomic mass is 10.1. The van der Waals surface area contributed by atoms with Gasteiger partial charge in [-0.05, 0) is 24.4 Å². The van der Waals surface area contributed by atoms with Gasteiger partial charge >= 0.3 is 0 Å². The summed E-state index contributed by atoms with van der Waals surface area (Å²) >= 11 is 16.8. The first-order chi connectivity index (χ1) is 7.09. The standard InChI is InChI=1S/C9H6Cl2N2OS/c10-4-2-1-3-5(11)6(4)7-8(14)13-9(15)12-7/h1-3,7H,(H2,12,13,14,15). The van der Waals surface area contributed by atoms with Crippen LogP contribution in [0, 0.1) is 0 Å². The maximum atomic E-state index is 11.5. The summed E-state index contributed by atoms with van der Waals surface area (Å²) in [5, 5.41) is 6.47. The largest absolute Gasteiger partial charge is 0.347 e. The predicted octanol–water partition coefficient (Wildman–Crippen LogP) is 2.04. The zero-order valence-electron chi connectivity index (χ0n) is 7.38. The molecule has 0 saturated carbocycles. The molecule has 1 fully saturated rings. The molecular weight excluding hydrogens is 255 g/mol. The lowest BCUT2D eigenvalue weighted by Crippen LogP contribution is -2.21. The van der Waals surface area contributed by atoms with Gasteiger partial charge in [0, 0.05) is 15.6 Å². The summed E-state index contributed by atoms with van der Waals surface area (Å²) in [7, 11) is 0. The van der Waals surface area contributed by atoms with Crippen LogP contribution in [0.5, 0.6) is 0 Å². The van der Waals surface area contributed by atoms with Gasteiger partial charge in [-0.3, -0.25) is 4.79 Å². The zero-order chi connectivity index (χ0) is 11.0. The fraction of sp³-hybridized carbons (Fsp3) is 0.111. The van der Waals surface area contributed by atoms with Gasteiger partial charge in [0.15, 0.2) is 5.11 Å². The van der Waals surface area contributed by atoms with Gasteiger partial charge in [0.2, 0.25) is 0 Å². The van der Waals surface area contributed by atoms with E-state index in [-0.39, 0.29) is 5.91 Å². The molecule has 3 nitrogen and oxygen atoms in total. The van der Waals surface area contributed by atoms with E-state index >= 15 is 0 Å². The van der Waals surface area contributed by atoms with Crippen molar-refractivity contribution in [3.05, 3.63) is 33.8 Å². The van der Waals surface area contributed by atoms with Crippen LogP contribution in [0.25, 0.3) is 0 Å². The van der Waals surface area contributed by atoms with Crippen LogP contribution in [-0.4, -0.2) is 11.0 Å². The van der Waals surface area contributed by atoms with Crippen LogP contribution < -0.4 is 10.6 Å². The van der Waals surface area contributed by atoms with Crippen molar-refractivity contribution in [1.29, 1.82) is 0 Å². The normalized spacial score (nSPS) is 20.0. The van der Waals surface area contributed by atoms with Crippen molar-refractivity contribution in [2.75, 3.05) is 0 Å². The Kier molecular flexibility index (Phi) is 2.82. The third-order valence-corrected chi connectivity index (χ3v) is 2.94. The highest BCUT2D eigenvalue weighted by molar-refractivity contribution is 7.80. The van der Waals surface area contributed by atoms with Crippen LogP contribution in [-0.2, 0) is 4.79 Å². The fourth-order valence-electron chi connectivity index (χ4n) is 1.41. The SMILES string of the molecule is O=C1NC(=S)NC1c1c(Cl)cccc1Cl. The average Bonchev–Trinajstić information content (AvgIpc) is 2.45. The monoisotopic (exact) mass is 260 g/mol. The highest BCUT2D eigenvalue weighted by Gasteiger charge is 2.31. The lowest BCUT2D eigenvalue weighted by molar-refractivity contribution is -0.120. The number of nitrogens with one attached hydrogen (secondary N) is 2. The van der Waals surface area contributed by atoms with Gasteiger partial charge in [-0.15, -0.1) is 0 Å². The highest BCUT2D eigenvalue weighted by Crippen LogP contribution is 2.31. The molecule has 1 atom stereocenters. The minimum atomic E-state index is -0.598. The van der Waals surface area contributed by atoms with Gasteiger partial charge in [-0.1, -0.05) is 29.3 Å². The van der Waals surface area contributed by atoms with E-state index in [0.29, 0.717) is 20.7 Å². The van der Waals surface area contributed by atoms with Crippen LogP contribution in [0.4, 0.5) is 0 Å². The molecule has 0 aliphatic carbocycles. The predicted molar refractivity (Wildman–Crippen MR) is 63.1 cm³/mol. The molecule has 1 aromatic rings. The molecule has 2 rings (SSSR count). The summed E-state index contributed by atoms with van der Waals surface area (Å²) in [6, 6.07) is 4.48. The number of carbonyl (C=O) groups excluding carboxylic acids is 1. The molecule has 0 spiro atoms. The molecule has 1 amide bonds. The van der Waals surface area contributed by atoms with E-state index in [9.17, 15) is 4.79 Å². The first kappa shape index (κ1) is 10.7. The average molecular weight is 261 g/mol. The van der Waals surface area contributed by atoms with Crippen molar-refractivity contribution in [2.24, 2.45) is 0 Å². The number of hydrogen-bond acceptors (Lipinski definition) is 2. The van der Waals surface area contributed by atoms with Gasteiger partial charge in [-0.25, -0.2) is 0 Å². The van der Waals surface area contributed by atoms with E-state index < -0.39 is 6.04 Å². The van der Waals surface area contributed by atoms with Gasteiger partial charge in [-0.2, -0.15) is 0 Å². The Labute approximate surface area is 102 Å². The molecule has 2 N–H and O–H groups in total. The maximum absolute atomic E-state index is 11.5. The van der Waals surface area contributed by atoms with Gasteiger partial charge in [0.25, 0.3) is 5.91 Å². The molecule has 1 heterocycles. The van der Waals surface area contributed by atoms with Gasteiger partial charge < -0.3 is 10.6 Å². The Morgan fingerprint density at radius 2 is 1.87 bits per heavy atom. The molecule has 6 heteroatoms. The second-order valence-electron chi connectivity index (χ2n) is 3.03. The van der Waals surface area contributed by atoms with Crippen LogP contribution >= 0.6 is 35.4 Å². The fourth-order valence-corrected chi connectivity index (χ4v) is 2.24. The van der Waals surface area contributed by atoms with E-state index in [1.807, 2.05) is 0 Å². The molecule has 0 bridgehead atoms. The second-order valence-corrected chi connectivity index (χ2v) is 4.25. The minimum absolute atomic E-state index is 0.241. The first-order valence-corrected chi connectivity index (χ1v) is 5.31. The Morgan fingerprint density at radius 1 is 1.27 bits per heavy atom. The minimum Gasteiger partial charge on any atom is -0.347 e.